The topological polar surface area (TPSA) is 0 Å². The van der Waals surface area contributed by atoms with Crippen LogP contribution in [0.25, 0.3) is 0 Å². The van der Waals surface area contributed by atoms with Crippen molar-refractivity contribution in [3.8, 4) is 0 Å². The Morgan fingerprint density at radius 1 is 0.556 bits per heavy atom. The zero-order valence-corrected chi connectivity index (χ0v) is 6.87. The third-order valence-corrected chi connectivity index (χ3v) is 0. The van der Waals surface area contributed by atoms with Crippen molar-refractivity contribution in [2.75, 3.05) is 0 Å². The molecule has 0 spiro atoms. The van der Waals surface area contributed by atoms with Gasteiger partial charge in [0.15, 0.2) is 0 Å². The van der Waals surface area contributed by atoms with Crippen LogP contribution in [-0.4, -0.2) is 83.8 Å². The van der Waals surface area contributed by atoms with Gasteiger partial charge in [-0.2, -0.15) is 0 Å². The summed E-state index contributed by atoms with van der Waals surface area (Å²) >= 11 is 0. The Balaban J connectivity index is 0. The van der Waals surface area contributed by atoms with E-state index in [1.165, 1.54) is 0 Å². The van der Waals surface area contributed by atoms with E-state index in [9.17, 15) is 0 Å². The van der Waals surface area contributed by atoms with Crippen molar-refractivity contribution in [3.63, 3.8) is 0 Å². The van der Waals surface area contributed by atoms with Gasteiger partial charge in [-0.1, -0.05) is 0 Å². The molecule has 1 radical (unpaired) electrons. The molecule has 0 N–H and O–H groups in total. The quantitative estimate of drug-likeness (QED) is 0.353. The van der Waals surface area contributed by atoms with E-state index in [2.05, 4.69) is 0 Å². The van der Waals surface area contributed by atoms with Gasteiger partial charge in [0.05, 0.1) is 0 Å². The van der Waals surface area contributed by atoms with Gasteiger partial charge in [0, 0.05) is 36.5 Å². The monoisotopic (exact) mass is 293 g/mol. The average Bonchev–Trinajstić information content (AvgIpc) is 0. The SMILES string of the molecule is F.F.F.F.[CaH2].[MgH2].[MgH2].[Mn].[Zn]. The van der Waals surface area contributed by atoms with E-state index in [1.807, 2.05) is 0 Å². The molecule has 0 saturated heterocycles. The van der Waals surface area contributed by atoms with Gasteiger partial charge >= 0.3 is 83.8 Å². The second-order valence-corrected chi connectivity index (χ2v) is 0. The third kappa shape index (κ3) is 81.3. The first-order valence-electron chi connectivity index (χ1n) is 0. The van der Waals surface area contributed by atoms with Crippen molar-refractivity contribution in [2.24, 2.45) is 0 Å². The van der Waals surface area contributed by atoms with E-state index in [0.29, 0.717) is 0 Å². The Morgan fingerprint density at radius 2 is 0.556 bits per heavy atom. The first-order valence-corrected chi connectivity index (χ1v) is 0. The molecule has 0 aliphatic rings. The molecule has 0 aliphatic heterocycles. The van der Waals surface area contributed by atoms with Gasteiger partial charge in [-0.25, -0.2) is 0 Å². The fourth-order valence-corrected chi connectivity index (χ4v) is 0. The normalized spacial score (nSPS) is 0. The van der Waals surface area contributed by atoms with Crippen molar-refractivity contribution in [1.82, 2.24) is 0 Å². The molecule has 0 atom stereocenters. The average molecular weight is 295 g/mol. The van der Waals surface area contributed by atoms with Crippen LogP contribution in [0.1, 0.15) is 0 Å². The maximum atomic E-state index is 0. The first-order chi connectivity index (χ1) is 0. The molecular weight excluding hydrogens is 285 g/mol. The summed E-state index contributed by atoms with van der Waals surface area (Å²) in [6.45, 7) is 0. The molecule has 0 rings (SSSR count). The fourth-order valence-electron chi connectivity index (χ4n) is 0. The van der Waals surface area contributed by atoms with E-state index in [4.69, 9.17) is 0 Å². The Bertz CT molecular complexity index is 18.5. The van der Waals surface area contributed by atoms with E-state index < -0.39 is 0 Å². The molecule has 0 fully saturated rings. The van der Waals surface area contributed by atoms with Gasteiger partial charge in [-0.05, 0) is 0 Å². The number of hydrogen-bond donors (Lipinski definition) is 0. The molecule has 0 aromatic rings. The van der Waals surface area contributed by atoms with Crippen molar-refractivity contribution in [2.45, 2.75) is 0 Å². The van der Waals surface area contributed by atoms with Gasteiger partial charge < -0.3 is 0 Å². The fraction of sp³-hybridized carbons (Fsp3) is 0. The van der Waals surface area contributed by atoms with E-state index >= 15 is 0 Å². The van der Waals surface area contributed by atoms with Crippen LogP contribution >= 0.6 is 0 Å². The molecule has 0 aliphatic carbocycles. The van der Waals surface area contributed by atoms with E-state index in [0.717, 1.165) is 0 Å². The second-order valence-electron chi connectivity index (χ2n) is 0. The van der Waals surface area contributed by atoms with Crippen LogP contribution in [0.3, 0.4) is 0 Å². The summed E-state index contributed by atoms with van der Waals surface area (Å²) in [6, 6.07) is 0. The third-order valence-electron chi connectivity index (χ3n) is 0. The van der Waals surface area contributed by atoms with Crippen molar-refractivity contribution in [1.29, 1.82) is 0 Å². The maximum Gasteiger partial charge on any atom is 0.316 e. The van der Waals surface area contributed by atoms with E-state index in [1.54, 1.807) is 0 Å². The molecule has 0 heterocycles. The van der Waals surface area contributed by atoms with Crippen LogP contribution in [0.15, 0.2) is 0 Å². The van der Waals surface area contributed by atoms with Crippen LogP contribution < -0.4 is 0 Å². The molecule has 0 unspecified atom stereocenters. The van der Waals surface area contributed by atoms with Crippen molar-refractivity contribution in [3.05, 3.63) is 0 Å². The van der Waals surface area contributed by atoms with Crippen molar-refractivity contribution >= 4 is 83.8 Å². The first kappa shape index (κ1) is 129. The summed E-state index contributed by atoms with van der Waals surface area (Å²) in [6.07, 6.45) is 0. The minimum absolute atomic E-state index is 0. The van der Waals surface area contributed by atoms with Crippen LogP contribution in [-0.2, 0) is 36.5 Å². The molecule has 53 valence electrons. The largest absolute Gasteiger partial charge is 0.316 e. The summed E-state index contributed by atoms with van der Waals surface area (Å²) in [7, 11) is 0. The molecular formula is H10CaF4Mg2MnZn. The maximum absolute atomic E-state index is 0. The molecule has 0 amide bonds. The minimum atomic E-state index is 0. The smallest absolute Gasteiger partial charge is 0 e. The summed E-state index contributed by atoms with van der Waals surface area (Å²) in [5, 5.41) is 0. The summed E-state index contributed by atoms with van der Waals surface area (Å²) in [5.41, 5.74) is 0. The predicted molar refractivity (Wildman–Crippen MR) is 35.6 cm³/mol. The van der Waals surface area contributed by atoms with Crippen LogP contribution in [0.2, 0.25) is 0 Å². The van der Waals surface area contributed by atoms with Gasteiger partial charge in [0.2, 0.25) is 0 Å². The van der Waals surface area contributed by atoms with Gasteiger partial charge in [-0.3, -0.25) is 18.8 Å². The summed E-state index contributed by atoms with van der Waals surface area (Å²) in [4.78, 5) is 0. The van der Waals surface area contributed by atoms with Crippen molar-refractivity contribution < 1.29 is 55.4 Å². The molecule has 0 saturated carbocycles. The molecule has 0 nitrogen and oxygen atoms in total. The number of hydrogen-bond acceptors (Lipinski definition) is 0. The minimum Gasteiger partial charge on any atom is 0 e. The molecule has 0 aromatic carbocycles. The Labute approximate surface area is 136 Å². The molecule has 9 heavy (non-hydrogen) atoms. The Morgan fingerprint density at radius 3 is 0.556 bits per heavy atom. The zero-order chi connectivity index (χ0) is 0. The second kappa shape index (κ2) is 99.0. The molecule has 9 heteroatoms. The van der Waals surface area contributed by atoms with Crippen LogP contribution in [0.4, 0.5) is 18.8 Å². The van der Waals surface area contributed by atoms with Crippen LogP contribution in [0.5, 0.6) is 0 Å². The summed E-state index contributed by atoms with van der Waals surface area (Å²) < 4.78 is 0. The number of rotatable bonds is 0. The van der Waals surface area contributed by atoms with Gasteiger partial charge in [0.25, 0.3) is 0 Å². The summed E-state index contributed by atoms with van der Waals surface area (Å²) in [5.74, 6) is 0. The number of halogens is 4. The predicted octanol–water partition coefficient (Wildman–Crippen LogP) is -2.14. The Kier molecular flexibility index (Phi) is 1420. The Hall–Kier alpha value is 3.66. The van der Waals surface area contributed by atoms with Gasteiger partial charge in [0.1, 0.15) is 0 Å². The zero-order valence-electron chi connectivity index (χ0n) is 2.72. The van der Waals surface area contributed by atoms with E-state index in [-0.39, 0.29) is 139 Å². The van der Waals surface area contributed by atoms with Crippen LogP contribution in [0, 0.1) is 0 Å². The molecule has 0 bridgehead atoms. The van der Waals surface area contributed by atoms with Gasteiger partial charge in [-0.15, -0.1) is 0 Å². The molecule has 0 aromatic heterocycles. The standard InChI is InChI=1S/Ca.4FH.2Mg.Mn.Zn.6H/h;4*1H;;;;;;;;;;.